The molecular weight excluding hydrogens is 238 g/mol. The van der Waals surface area contributed by atoms with E-state index in [1.165, 1.54) is 20.0 Å². The van der Waals surface area contributed by atoms with Gasteiger partial charge >= 0.3 is 5.97 Å². The van der Waals surface area contributed by atoms with Crippen molar-refractivity contribution in [2.75, 3.05) is 19.0 Å². The molecule has 0 aliphatic heterocycles. The van der Waals surface area contributed by atoms with Gasteiger partial charge < -0.3 is 10.1 Å². The molecule has 0 spiro atoms. The van der Waals surface area contributed by atoms with Crippen molar-refractivity contribution in [2.24, 2.45) is 5.92 Å². The number of carbonyl (C=O) groups excluding carboxylic acids is 1. The van der Waals surface area contributed by atoms with Crippen LogP contribution in [0.5, 0.6) is 0 Å². The Morgan fingerprint density at radius 3 is 2.95 bits per heavy atom. The van der Waals surface area contributed by atoms with Crippen molar-refractivity contribution in [1.29, 1.82) is 0 Å². The van der Waals surface area contributed by atoms with Gasteiger partial charge in [-0.3, -0.25) is 0 Å². The Morgan fingerprint density at radius 1 is 1.42 bits per heavy atom. The highest BCUT2D eigenvalue weighted by Gasteiger charge is 2.13. The number of nitrogens with one attached hydrogen (secondary N) is 1. The van der Waals surface area contributed by atoms with E-state index in [1.54, 1.807) is 6.07 Å². The number of ether oxygens (including phenoxy) is 1. The summed E-state index contributed by atoms with van der Waals surface area (Å²) in [4.78, 5) is 11.6. The number of allylic oxidation sites excluding steroid dienone is 2. The molecule has 1 aliphatic rings. The zero-order chi connectivity index (χ0) is 13.7. The molecular formula is C16H21NO2. The summed E-state index contributed by atoms with van der Waals surface area (Å²) in [5.41, 5.74) is 2.62. The third-order valence-electron chi connectivity index (χ3n) is 3.70. The van der Waals surface area contributed by atoms with E-state index >= 15 is 0 Å². The molecule has 1 N–H and O–H groups in total. The van der Waals surface area contributed by atoms with Crippen LogP contribution < -0.4 is 5.32 Å². The largest absolute Gasteiger partial charge is 0.465 e. The highest BCUT2D eigenvalue weighted by Crippen LogP contribution is 2.22. The van der Waals surface area contributed by atoms with E-state index in [4.69, 9.17) is 4.74 Å². The summed E-state index contributed by atoms with van der Waals surface area (Å²) in [5, 5.41) is 3.46. The molecule has 19 heavy (non-hydrogen) atoms. The van der Waals surface area contributed by atoms with E-state index in [-0.39, 0.29) is 5.97 Å². The second kappa shape index (κ2) is 6.41. The highest BCUT2D eigenvalue weighted by molar-refractivity contribution is 5.92. The van der Waals surface area contributed by atoms with Gasteiger partial charge in [0.2, 0.25) is 0 Å². The van der Waals surface area contributed by atoms with Crippen molar-refractivity contribution in [2.45, 2.75) is 26.2 Å². The van der Waals surface area contributed by atoms with Crippen LogP contribution >= 0.6 is 0 Å². The lowest BCUT2D eigenvalue weighted by atomic mass is 9.94. The van der Waals surface area contributed by atoms with Crippen LogP contribution in [0.3, 0.4) is 0 Å². The van der Waals surface area contributed by atoms with Gasteiger partial charge in [0.15, 0.2) is 0 Å². The lowest BCUT2D eigenvalue weighted by Crippen LogP contribution is -2.16. The molecule has 0 saturated heterocycles. The van der Waals surface area contributed by atoms with Crippen molar-refractivity contribution >= 4 is 11.7 Å². The molecule has 0 bridgehead atoms. The molecule has 0 amide bonds. The maximum atomic E-state index is 11.6. The van der Waals surface area contributed by atoms with Gasteiger partial charge in [-0.1, -0.05) is 18.2 Å². The lowest BCUT2D eigenvalue weighted by molar-refractivity contribution is 0.0600. The molecule has 1 aliphatic carbocycles. The van der Waals surface area contributed by atoms with Crippen molar-refractivity contribution in [3.05, 3.63) is 41.5 Å². The Morgan fingerprint density at radius 2 is 2.26 bits per heavy atom. The summed E-state index contributed by atoms with van der Waals surface area (Å²) in [5.74, 6) is 0.410. The first-order valence-corrected chi connectivity index (χ1v) is 6.79. The van der Waals surface area contributed by atoms with E-state index in [0.29, 0.717) is 11.5 Å². The van der Waals surface area contributed by atoms with Crippen LogP contribution in [0.2, 0.25) is 0 Å². The minimum Gasteiger partial charge on any atom is -0.465 e. The van der Waals surface area contributed by atoms with E-state index in [9.17, 15) is 4.79 Å². The second-order valence-corrected chi connectivity index (χ2v) is 5.00. The monoisotopic (exact) mass is 259 g/mol. The molecule has 0 radical (unpaired) electrons. The third-order valence-corrected chi connectivity index (χ3v) is 3.70. The van der Waals surface area contributed by atoms with Crippen LogP contribution in [0.15, 0.2) is 30.4 Å². The molecule has 2 rings (SSSR count). The van der Waals surface area contributed by atoms with Crippen molar-refractivity contribution in [1.82, 2.24) is 0 Å². The maximum Gasteiger partial charge on any atom is 0.338 e. The highest BCUT2D eigenvalue weighted by atomic mass is 16.5. The van der Waals surface area contributed by atoms with E-state index in [1.807, 2.05) is 19.1 Å². The van der Waals surface area contributed by atoms with E-state index in [2.05, 4.69) is 17.5 Å². The van der Waals surface area contributed by atoms with Crippen LogP contribution in [0.1, 0.15) is 35.2 Å². The lowest BCUT2D eigenvalue weighted by Gasteiger charge is -2.20. The number of hydrogen-bond donors (Lipinski definition) is 1. The minimum atomic E-state index is -0.276. The summed E-state index contributed by atoms with van der Waals surface area (Å²) in [6.45, 7) is 2.91. The number of carbonyl (C=O) groups is 1. The van der Waals surface area contributed by atoms with Crippen LogP contribution in [0, 0.1) is 12.8 Å². The van der Waals surface area contributed by atoms with Crippen molar-refractivity contribution < 1.29 is 9.53 Å². The fourth-order valence-electron chi connectivity index (χ4n) is 2.45. The van der Waals surface area contributed by atoms with Gasteiger partial charge in [-0.15, -0.1) is 0 Å². The number of methoxy groups -OCH3 is 1. The fraction of sp³-hybridized carbons (Fsp3) is 0.438. The molecule has 3 nitrogen and oxygen atoms in total. The third kappa shape index (κ3) is 3.37. The Labute approximate surface area is 114 Å². The molecule has 0 heterocycles. The number of benzene rings is 1. The molecule has 1 aromatic rings. The van der Waals surface area contributed by atoms with E-state index in [0.717, 1.165) is 24.2 Å². The fourth-order valence-corrected chi connectivity index (χ4v) is 2.45. The normalized spacial score (nSPS) is 18.1. The summed E-state index contributed by atoms with van der Waals surface area (Å²) < 4.78 is 4.79. The molecule has 1 unspecified atom stereocenters. The Hall–Kier alpha value is -1.77. The van der Waals surface area contributed by atoms with Crippen LogP contribution in [-0.2, 0) is 4.74 Å². The van der Waals surface area contributed by atoms with Crippen molar-refractivity contribution in [3.63, 3.8) is 0 Å². The Bertz CT molecular complexity index is 480. The zero-order valence-electron chi connectivity index (χ0n) is 11.6. The smallest absolute Gasteiger partial charge is 0.338 e. The Kier molecular flexibility index (Phi) is 4.61. The predicted molar refractivity (Wildman–Crippen MR) is 77.5 cm³/mol. The van der Waals surface area contributed by atoms with E-state index < -0.39 is 0 Å². The predicted octanol–water partition coefficient (Wildman–Crippen LogP) is 3.55. The van der Waals surface area contributed by atoms with Crippen LogP contribution in [0.4, 0.5) is 5.69 Å². The Balaban J connectivity index is 2.04. The minimum absolute atomic E-state index is 0.276. The summed E-state index contributed by atoms with van der Waals surface area (Å²) in [7, 11) is 1.41. The maximum absolute atomic E-state index is 11.6. The molecule has 1 aromatic carbocycles. The van der Waals surface area contributed by atoms with Crippen LogP contribution in [0.25, 0.3) is 0 Å². The first-order valence-electron chi connectivity index (χ1n) is 6.79. The second-order valence-electron chi connectivity index (χ2n) is 5.00. The topological polar surface area (TPSA) is 38.3 Å². The average Bonchev–Trinajstić information content (AvgIpc) is 2.46. The number of esters is 1. The van der Waals surface area contributed by atoms with Gasteiger partial charge in [0, 0.05) is 12.2 Å². The van der Waals surface area contributed by atoms with Crippen LogP contribution in [-0.4, -0.2) is 19.6 Å². The molecule has 0 aromatic heterocycles. The van der Waals surface area contributed by atoms with Crippen molar-refractivity contribution in [3.8, 4) is 0 Å². The molecule has 0 fully saturated rings. The average molecular weight is 259 g/mol. The summed E-state index contributed by atoms with van der Waals surface area (Å²) in [6.07, 6.45) is 8.06. The standard InChI is InChI=1S/C16H21NO2/c1-12-14(16(18)19-2)9-6-10-15(12)17-11-13-7-4-3-5-8-13/h3-4,6,9-10,13,17H,5,7-8,11H2,1-2H3. The number of anilines is 1. The quantitative estimate of drug-likeness (QED) is 0.664. The number of hydrogen-bond acceptors (Lipinski definition) is 3. The molecule has 1 atom stereocenters. The van der Waals surface area contributed by atoms with Gasteiger partial charge in [0.05, 0.1) is 12.7 Å². The van der Waals surface area contributed by atoms with Gasteiger partial charge in [-0.05, 0) is 49.8 Å². The zero-order valence-corrected chi connectivity index (χ0v) is 11.6. The van der Waals surface area contributed by atoms with Gasteiger partial charge in [0.1, 0.15) is 0 Å². The molecule has 0 saturated carbocycles. The summed E-state index contributed by atoms with van der Waals surface area (Å²) >= 11 is 0. The SMILES string of the molecule is COC(=O)c1cccc(NCC2CC=CCC2)c1C. The van der Waals surface area contributed by atoms with Gasteiger partial charge in [-0.25, -0.2) is 4.79 Å². The molecule has 102 valence electrons. The van der Waals surface area contributed by atoms with Gasteiger partial charge in [-0.2, -0.15) is 0 Å². The summed E-state index contributed by atoms with van der Waals surface area (Å²) in [6, 6.07) is 5.71. The first-order chi connectivity index (χ1) is 9.22. The first kappa shape index (κ1) is 13.7. The van der Waals surface area contributed by atoms with Gasteiger partial charge in [0.25, 0.3) is 0 Å². The molecule has 3 heteroatoms. The number of rotatable bonds is 4.